The van der Waals surface area contributed by atoms with Crippen LogP contribution in [0.2, 0.25) is 0 Å². The molecule has 1 aromatic rings. The van der Waals surface area contributed by atoms with Crippen LogP contribution in [0.5, 0.6) is 0 Å². The highest BCUT2D eigenvalue weighted by Crippen LogP contribution is 1.93. The van der Waals surface area contributed by atoms with Gasteiger partial charge in [0.2, 0.25) is 0 Å². The van der Waals surface area contributed by atoms with Crippen LogP contribution in [0.3, 0.4) is 0 Å². The fourth-order valence-corrected chi connectivity index (χ4v) is 1.32. The van der Waals surface area contributed by atoms with Crippen LogP contribution in [0.15, 0.2) is 29.7 Å². The molecule has 0 amide bonds. The summed E-state index contributed by atoms with van der Waals surface area (Å²) < 4.78 is 9.15. The van der Waals surface area contributed by atoms with E-state index in [2.05, 4.69) is 18.2 Å². The molecular formula is C11H18ClN3O2. The minimum Gasteiger partial charge on any atom is -1.00 e. The topological polar surface area (TPSA) is 50.6 Å². The monoisotopic (exact) mass is 259 g/mol. The van der Waals surface area contributed by atoms with Crippen LogP contribution in [0.4, 0.5) is 0 Å². The molecule has 0 fully saturated rings. The van der Waals surface area contributed by atoms with Gasteiger partial charge in [0.1, 0.15) is 12.4 Å². The fourth-order valence-electron chi connectivity index (χ4n) is 1.32. The summed E-state index contributed by atoms with van der Waals surface area (Å²) in [6, 6.07) is 0. The molecule has 0 saturated heterocycles. The third kappa shape index (κ3) is 5.01. The second-order valence-corrected chi connectivity index (χ2v) is 3.36. The van der Waals surface area contributed by atoms with Gasteiger partial charge in [-0.15, -0.1) is 0 Å². The lowest BCUT2D eigenvalue weighted by atomic mass is 10.4. The molecule has 0 radical (unpaired) electrons. The normalized spacial score (nSPS) is 11.2. The smallest absolute Gasteiger partial charge is 0.305 e. The molecular weight excluding hydrogens is 242 g/mol. The van der Waals surface area contributed by atoms with E-state index in [9.17, 15) is 0 Å². The molecule has 0 aliphatic heterocycles. The number of halogens is 1. The summed E-state index contributed by atoms with van der Waals surface area (Å²) in [6.45, 7) is 3.11. The Kier molecular flexibility index (Phi) is 8.09. The number of allylic oxidation sites excluding steroid dienone is 1. The highest BCUT2D eigenvalue weighted by Gasteiger charge is 2.11. The number of imidazole rings is 1. The van der Waals surface area contributed by atoms with Crippen LogP contribution in [0, 0.1) is 0 Å². The van der Waals surface area contributed by atoms with Crippen molar-refractivity contribution in [2.45, 2.75) is 20.1 Å². The average molecular weight is 260 g/mol. The number of ether oxygens (including phenoxy) is 1. The minimum absolute atomic E-state index is 0. The van der Waals surface area contributed by atoms with Gasteiger partial charge in [0.15, 0.2) is 12.9 Å². The van der Waals surface area contributed by atoms with Crippen LogP contribution in [-0.4, -0.2) is 22.6 Å². The molecule has 0 bridgehead atoms. The highest BCUT2D eigenvalue weighted by atomic mass is 35.5. The SMILES string of the molecule is CC/C=C/COCn1cc[n+](C)c1/C=N/O.[Cl-]. The molecule has 1 N–H and O–H groups in total. The third-order valence-corrected chi connectivity index (χ3v) is 2.15. The van der Waals surface area contributed by atoms with Crippen LogP contribution >= 0.6 is 0 Å². The van der Waals surface area contributed by atoms with Crippen LogP contribution in [0.25, 0.3) is 0 Å². The molecule has 0 unspecified atom stereocenters. The molecule has 0 atom stereocenters. The van der Waals surface area contributed by atoms with Gasteiger partial charge in [-0.1, -0.05) is 24.2 Å². The van der Waals surface area contributed by atoms with E-state index in [-0.39, 0.29) is 12.4 Å². The van der Waals surface area contributed by atoms with E-state index in [1.54, 1.807) is 0 Å². The molecule has 0 saturated carbocycles. The number of hydrogen-bond donors (Lipinski definition) is 1. The standard InChI is InChI=1S/C11H17N3O2.ClH/c1-3-4-5-8-16-10-14-7-6-13(2)11(14)9-12-15;/h4-7,9H,3,8,10H2,1-2H3;1H/b5-4+;. The first-order valence-electron chi connectivity index (χ1n) is 5.24. The number of aromatic nitrogens is 2. The van der Waals surface area contributed by atoms with Crippen molar-refractivity contribution in [1.82, 2.24) is 4.57 Å². The molecule has 0 aliphatic carbocycles. The third-order valence-electron chi connectivity index (χ3n) is 2.15. The quantitative estimate of drug-likeness (QED) is 0.162. The number of oxime groups is 1. The lowest BCUT2D eigenvalue weighted by molar-refractivity contribution is -0.672. The molecule has 6 heteroatoms. The van der Waals surface area contributed by atoms with Crippen molar-refractivity contribution in [2.75, 3.05) is 6.61 Å². The molecule has 5 nitrogen and oxygen atoms in total. The van der Waals surface area contributed by atoms with E-state index < -0.39 is 0 Å². The van der Waals surface area contributed by atoms with Gasteiger partial charge in [0.25, 0.3) is 0 Å². The van der Waals surface area contributed by atoms with Crippen molar-refractivity contribution in [3.05, 3.63) is 30.4 Å². The molecule has 1 heterocycles. The van der Waals surface area contributed by atoms with Crippen molar-refractivity contribution in [3.63, 3.8) is 0 Å². The largest absolute Gasteiger partial charge is 1.00 e. The average Bonchev–Trinajstić information content (AvgIpc) is 2.62. The molecule has 1 aromatic heterocycles. The van der Waals surface area contributed by atoms with Crippen molar-refractivity contribution in [1.29, 1.82) is 0 Å². The molecule has 17 heavy (non-hydrogen) atoms. The van der Waals surface area contributed by atoms with Crippen LogP contribution in [-0.2, 0) is 18.5 Å². The first kappa shape index (κ1) is 15.7. The van der Waals surface area contributed by atoms with E-state index in [0.29, 0.717) is 13.3 Å². The zero-order valence-corrected chi connectivity index (χ0v) is 10.8. The first-order chi connectivity index (χ1) is 7.79. The Morgan fingerprint density at radius 2 is 2.29 bits per heavy atom. The van der Waals surface area contributed by atoms with Gasteiger partial charge in [0, 0.05) is 0 Å². The molecule has 0 aliphatic rings. The van der Waals surface area contributed by atoms with E-state index in [1.165, 1.54) is 6.21 Å². The minimum atomic E-state index is 0. The summed E-state index contributed by atoms with van der Waals surface area (Å²) in [5.41, 5.74) is 0. The summed E-state index contributed by atoms with van der Waals surface area (Å²) in [5.74, 6) is 0.780. The van der Waals surface area contributed by atoms with Gasteiger partial charge >= 0.3 is 5.82 Å². The van der Waals surface area contributed by atoms with Gasteiger partial charge in [0.05, 0.1) is 13.7 Å². The summed E-state index contributed by atoms with van der Waals surface area (Å²) in [7, 11) is 1.88. The van der Waals surface area contributed by atoms with Crippen molar-refractivity contribution in [3.8, 4) is 0 Å². The van der Waals surface area contributed by atoms with Crippen molar-refractivity contribution >= 4 is 6.21 Å². The molecule has 1 rings (SSSR count). The Morgan fingerprint density at radius 1 is 1.53 bits per heavy atom. The Labute approximate surface area is 107 Å². The van der Waals surface area contributed by atoms with Gasteiger partial charge in [-0.3, -0.25) is 0 Å². The fraction of sp³-hybridized carbons (Fsp3) is 0.455. The number of rotatable bonds is 6. The zero-order valence-electron chi connectivity index (χ0n) is 10.1. The maximum absolute atomic E-state index is 8.52. The van der Waals surface area contributed by atoms with Gasteiger partial charge in [-0.05, 0) is 6.42 Å². The van der Waals surface area contributed by atoms with E-state index in [4.69, 9.17) is 9.94 Å². The van der Waals surface area contributed by atoms with E-state index >= 15 is 0 Å². The van der Waals surface area contributed by atoms with Gasteiger partial charge in [-0.25, -0.2) is 9.13 Å². The number of nitrogens with zero attached hydrogens (tertiary/aromatic N) is 3. The van der Waals surface area contributed by atoms with Crippen LogP contribution in [0.1, 0.15) is 19.2 Å². The maximum atomic E-state index is 8.52. The second-order valence-electron chi connectivity index (χ2n) is 3.36. The predicted molar refractivity (Wildman–Crippen MR) is 60.4 cm³/mol. The summed E-state index contributed by atoms with van der Waals surface area (Å²) in [4.78, 5) is 0. The van der Waals surface area contributed by atoms with Crippen LogP contribution < -0.4 is 17.0 Å². The Bertz CT molecular complexity index is 375. The maximum Gasteiger partial charge on any atom is 0.305 e. The Hall–Kier alpha value is -1.33. The molecule has 0 aromatic carbocycles. The van der Waals surface area contributed by atoms with E-state index in [1.807, 2.05) is 34.7 Å². The summed E-state index contributed by atoms with van der Waals surface area (Å²) >= 11 is 0. The molecule has 0 spiro atoms. The summed E-state index contributed by atoms with van der Waals surface area (Å²) in [5, 5.41) is 11.5. The van der Waals surface area contributed by atoms with Crippen molar-refractivity contribution < 1.29 is 26.9 Å². The van der Waals surface area contributed by atoms with Gasteiger partial charge < -0.3 is 22.4 Å². The van der Waals surface area contributed by atoms with Crippen molar-refractivity contribution in [2.24, 2.45) is 12.2 Å². The molecule has 96 valence electrons. The highest BCUT2D eigenvalue weighted by molar-refractivity contribution is 5.72. The number of hydrogen-bond acceptors (Lipinski definition) is 3. The lowest BCUT2D eigenvalue weighted by Gasteiger charge is -1.99. The Morgan fingerprint density at radius 3 is 2.94 bits per heavy atom. The zero-order chi connectivity index (χ0) is 11.8. The summed E-state index contributed by atoms with van der Waals surface area (Å²) in [6.07, 6.45) is 10.2. The predicted octanol–water partition coefficient (Wildman–Crippen LogP) is -1.93. The first-order valence-corrected chi connectivity index (χ1v) is 5.24. The lowest BCUT2D eigenvalue weighted by Crippen LogP contribution is -3.00. The second kappa shape index (κ2) is 8.78. The Balaban J connectivity index is 0.00000256. The van der Waals surface area contributed by atoms with Gasteiger partial charge in [-0.2, -0.15) is 0 Å². The number of aryl methyl sites for hydroxylation is 1. The van der Waals surface area contributed by atoms with E-state index in [0.717, 1.165) is 12.2 Å².